The Morgan fingerprint density at radius 3 is 2.34 bits per heavy atom. The van der Waals surface area contributed by atoms with E-state index in [0.717, 1.165) is 31.7 Å². The number of nitrogens with zero attached hydrogens (tertiary/aromatic N) is 3. The number of hydrogen-bond donors (Lipinski definition) is 1. The van der Waals surface area contributed by atoms with Gasteiger partial charge in [-0.05, 0) is 61.6 Å². The summed E-state index contributed by atoms with van der Waals surface area (Å²) in [4.78, 5) is 28.8. The number of piperidine rings is 1. The van der Waals surface area contributed by atoms with Crippen LogP contribution in [0.5, 0.6) is 0 Å². The summed E-state index contributed by atoms with van der Waals surface area (Å²) in [5.41, 5.74) is 4.65. The highest BCUT2D eigenvalue weighted by atomic mass is 19.4. The van der Waals surface area contributed by atoms with Crippen LogP contribution in [0.25, 0.3) is 0 Å². The number of carbonyl (C=O) groups is 2. The molecule has 190 valence electrons. The van der Waals surface area contributed by atoms with E-state index in [2.05, 4.69) is 0 Å². The van der Waals surface area contributed by atoms with Crippen molar-refractivity contribution in [2.75, 3.05) is 31.1 Å². The number of anilines is 1. The summed E-state index contributed by atoms with van der Waals surface area (Å²) < 4.78 is 40.3. The number of halogens is 3. The standard InChI is InChI=1S/C26H33F3N4O2/c27-26(28,29)23-13-20(7-6-19(23)14-30)33-15-21(22(16-33)25(31)35)18-8-10-32(11-9-18)24(34)12-17-4-2-1-3-5-17/h6-7,13,17-18,21-22H,1-5,8-12,15-16H2,(H2,31,35). The van der Waals surface area contributed by atoms with Crippen LogP contribution in [-0.4, -0.2) is 42.9 Å². The van der Waals surface area contributed by atoms with Gasteiger partial charge in [0.2, 0.25) is 11.8 Å². The highest BCUT2D eigenvalue weighted by molar-refractivity contribution is 5.79. The zero-order valence-corrected chi connectivity index (χ0v) is 19.9. The summed E-state index contributed by atoms with van der Waals surface area (Å²) >= 11 is 0. The molecule has 35 heavy (non-hydrogen) atoms. The Bertz CT molecular complexity index is 976. The third-order valence-corrected chi connectivity index (χ3v) is 8.21. The maximum Gasteiger partial charge on any atom is 0.417 e. The highest BCUT2D eigenvalue weighted by Gasteiger charge is 2.43. The van der Waals surface area contributed by atoms with Gasteiger partial charge in [-0.3, -0.25) is 9.59 Å². The van der Waals surface area contributed by atoms with Crippen LogP contribution in [0.15, 0.2) is 18.2 Å². The Kier molecular flexibility index (Phi) is 7.58. The molecule has 2 unspecified atom stereocenters. The first-order valence-corrected chi connectivity index (χ1v) is 12.6. The Balaban J connectivity index is 1.41. The number of rotatable bonds is 5. The molecule has 2 heterocycles. The maximum atomic E-state index is 13.4. The van der Waals surface area contributed by atoms with Gasteiger partial charge >= 0.3 is 6.18 Å². The molecule has 4 rings (SSSR count). The van der Waals surface area contributed by atoms with Gasteiger partial charge in [0.1, 0.15) is 0 Å². The van der Waals surface area contributed by atoms with Gasteiger partial charge in [-0.25, -0.2) is 0 Å². The first-order valence-electron chi connectivity index (χ1n) is 12.6. The van der Waals surface area contributed by atoms with E-state index >= 15 is 0 Å². The lowest BCUT2D eigenvalue weighted by Crippen LogP contribution is -2.43. The van der Waals surface area contributed by atoms with E-state index in [-0.39, 0.29) is 24.3 Å². The summed E-state index contributed by atoms with van der Waals surface area (Å²) in [6, 6.07) is 5.28. The average Bonchev–Trinajstić information content (AvgIpc) is 3.30. The minimum Gasteiger partial charge on any atom is -0.370 e. The molecule has 2 saturated heterocycles. The molecule has 2 atom stereocenters. The Morgan fingerprint density at radius 1 is 1.06 bits per heavy atom. The quantitative estimate of drug-likeness (QED) is 0.666. The van der Waals surface area contributed by atoms with Gasteiger partial charge in [0, 0.05) is 38.3 Å². The second-order valence-electron chi connectivity index (χ2n) is 10.3. The van der Waals surface area contributed by atoms with Crippen molar-refractivity contribution in [3.8, 4) is 6.07 Å². The second kappa shape index (κ2) is 10.5. The maximum absolute atomic E-state index is 13.4. The largest absolute Gasteiger partial charge is 0.417 e. The van der Waals surface area contributed by atoms with Gasteiger partial charge in [-0.1, -0.05) is 19.3 Å². The number of alkyl halides is 3. The number of benzene rings is 1. The van der Waals surface area contributed by atoms with Crippen LogP contribution in [0.3, 0.4) is 0 Å². The van der Waals surface area contributed by atoms with E-state index < -0.39 is 29.1 Å². The zero-order valence-electron chi connectivity index (χ0n) is 19.9. The van der Waals surface area contributed by atoms with E-state index in [1.165, 1.54) is 31.4 Å². The molecule has 0 bridgehead atoms. The van der Waals surface area contributed by atoms with Gasteiger partial charge in [0.15, 0.2) is 0 Å². The number of nitriles is 1. The van der Waals surface area contributed by atoms with Crippen molar-refractivity contribution in [3.05, 3.63) is 29.3 Å². The topological polar surface area (TPSA) is 90.4 Å². The second-order valence-corrected chi connectivity index (χ2v) is 10.3. The molecule has 3 aliphatic rings. The van der Waals surface area contributed by atoms with Crippen LogP contribution in [0.1, 0.15) is 62.5 Å². The zero-order chi connectivity index (χ0) is 25.2. The third-order valence-electron chi connectivity index (χ3n) is 8.21. The molecular formula is C26H33F3N4O2. The van der Waals surface area contributed by atoms with Crippen molar-refractivity contribution < 1.29 is 22.8 Å². The number of likely N-dealkylation sites (tertiary alicyclic amines) is 1. The molecule has 2 N–H and O–H groups in total. The summed E-state index contributed by atoms with van der Waals surface area (Å²) in [6.07, 6.45) is 3.44. The van der Waals surface area contributed by atoms with E-state index in [0.29, 0.717) is 37.7 Å². The molecule has 9 heteroatoms. The number of nitrogens with two attached hydrogens (primary N) is 1. The predicted octanol–water partition coefficient (Wildman–Crippen LogP) is 4.32. The molecule has 0 spiro atoms. The molecule has 0 radical (unpaired) electrons. The fourth-order valence-electron chi connectivity index (χ4n) is 6.22. The molecule has 3 fully saturated rings. The lowest BCUT2D eigenvalue weighted by Gasteiger charge is -2.37. The van der Waals surface area contributed by atoms with Crippen LogP contribution in [0, 0.1) is 35.0 Å². The van der Waals surface area contributed by atoms with E-state index in [4.69, 9.17) is 11.0 Å². The van der Waals surface area contributed by atoms with Crippen LogP contribution < -0.4 is 10.6 Å². The molecule has 6 nitrogen and oxygen atoms in total. The van der Waals surface area contributed by atoms with Crippen LogP contribution >= 0.6 is 0 Å². The van der Waals surface area contributed by atoms with Gasteiger partial charge in [0.05, 0.1) is 23.1 Å². The van der Waals surface area contributed by atoms with Crippen molar-refractivity contribution in [2.24, 2.45) is 29.4 Å². The fraction of sp³-hybridized carbons (Fsp3) is 0.654. The number of carbonyl (C=O) groups excluding carboxylic acids is 2. The van der Waals surface area contributed by atoms with Gasteiger partial charge in [0.25, 0.3) is 0 Å². The molecule has 2 aliphatic heterocycles. The first kappa shape index (κ1) is 25.3. The fourth-order valence-corrected chi connectivity index (χ4v) is 6.22. The average molecular weight is 491 g/mol. The van der Waals surface area contributed by atoms with Gasteiger partial charge in [-0.2, -0.15) is 18.4 Å². The molecular weight excluding hydrogens is 457 g/mol. The first-order chi connectivity index (χ1) is 16.7. The van der Waals surface area contributed by atoms with E-state index in [1.54, 1.807) is 11.0 Å². The Labute approximate surface area is 204 Å². The van der Waals surface area contributed by atoms with Gasteiger partial charge in [-0.15, -0.1) is 0 Å². The van der Waals surface area contributed by atoms with Crippen LogP contribution in [-0.2, 0) is 15.8 Å². The normalized spacial score (nSPS) is 24.4. The molecule has 0 aromatic heterocycles. The van der Waals surface area contributed by atoms with E-state index in [9.17, 15) is 22.8 Å². The monoisotopic (exact) mass is 490 g/mol. The summed E-state index contributed by atoms with van der Waals surface area (Å²) in [5.74, 6) is -0.102. The minimum absolute atomic E-state index is 0.0759. The highest BCUT2D eigenvalue weighted by Crippen LogP contribution is 2.40. The summed E-state index contributed by atoms with van der Waals surface area (Å²) in [7, 11) is 0. The summed E-state index contributed by atoms with van der Waals surface area (Å²) in [6.45, 7) is 1.97. The minimum atomic E-state index is -4.64. The van der Waals surface area contributed by atoms with Crippen molar-refractivity contribution in [2.45, 2.75) is 57.5 Å². The molecule has 1 aromatic rings. The Morgan fingerprint density at radius 2 is 1.74 bits per heavy atom. The van der Waals surface area contributed by atoms with Gasteiger partial charge < -0.3 is 15.5 Å². The van der Waals surface area contributed by atoms with Crippen LogP contribution in [0.2, 0.25) is 0 Å². The SMILES string of the molecule is N#Cc1ccc(N2CC(C(N)=O)C(C3CCN(C(=O)CC4CCCCC4)CC3)C2)cc1C(F)(F)F. The van der Waals surface area contributed by atoms with Crippen molar-refractivity contribution in [3.63, 3.8) is 0 Å². The smallest absolute Gasteiger partial charge is 0.370 e. The van der Waals surface area contributed by atoms with Crippen molar-refractivity contribution >= 4 is 17.5 Å². The van der Waals surface area contributed by atoms with Crippen molar-refractivity contribution in [1.82, 2.24) is 4.90 Å². The van der Waals surface area contributed by atoms with Crippen LogP contribution in [0.4, 0.5) is 18.9 Å². The molecule has 1 aromatic carbocycles. The third kappa shape index (κ3) is 5.74. The summed E-state index contributed by atoms with van der Waals surface area (Å²) in [5, 5.41) is 9.06. The number of primary amides is 1. The lowest BCUT2D eigenvalue weighted by molar-refractivity contribution is -0.137. The number of hydrogen-bond acceptors (Lipinski definition) is 4. The van der Waals surface area contributed by atoms with Crippen molar-refractivity contribution in [1.29, 1.82) is 5.26 Å². The van der Waals surface area contributed by atoms with E-state index in [1.807, 2.05) is 4.90 Å². The Hall–Kier alpha value is -2.76. The molecule has 2 amide bonds. The number of amides is 2. The predicted molar refractivity (Wildman–Crippen MR) is 125 cm³/mol. The lowest BCUT2D eigenvalue weighted by atomic mass is 9.78. The molecule has 1 aliphatic carbocycles. The molecule has 1 saturated carbocycles.